The molecule has 1 heterocycles. The molecule has 0 spiro atoms. The summed E-state index contributed by atoms with van der Waals surface area (Å²) in [6, 6.07) is 3.20. The molecule has 106 valence electrons. The van der Waals surface area contributed by atoms with Crippen LogP contribution in [0.5, 0.6) is 0 Å². The van der Waals surface area contributed by atoms with Crippen molar-refractivity contribution < 1.29 is 8.42 Å². The Balaban J connectivity index is 2.15. The van der Waals surface area contributed by atoms with E-state index in [1.165, 1.54) is 6.20 Å². The Morgan fingerprint density at radius 1 is 1.47 bits per heavy atom. The minimum atomic E-state index is -3.63. The van der Waals surface area contributed by atoms with Gasteiger partial charge in [0.05, 0.1) is 5.69 Å². The Bertz CT molecular complexity index is 535. The van der Waals surface area contributed by atoms with Gasteiger partial charge in [-0.15, -0.1) is 0 Å². The highest BCUT2D eigenvalue weighted by Crippen LogP contribution is 2.29. The number of hydrazine groups is 1. The fourth-order valence-corrected chi connectivity index (χ4v) is 4.43. The van der Waals surface area contributed by atoms with Gasteiger partial charge in [0.1, 0.15) is 0 Å². The fraction of sp³-hybridized carbons (Fsp3) is 0.545. The zero-order chi connectivity index (χ0) is 13.9. The molecule has 2 rings (SSSR count). The largest absolute Gasteiger partial charge is 0.321 e. The highest BCUT2D eigenvalue weighted by atomic mass is 32.2. The van der Waals surface area contributed by atoms with Gasteiger partial charge in [-0.25, -0.2) is 18.1 Å². The minimum absolute atomic E-state index is 0.0184. The van der Waals surface area contributed by atoms with Crippen molar-refractivity contribution in [2.24, 2.45) is 5.84 Å². The smallest absolute Gasteiger partial charge is 0.260 e. The standard InChI is InChI=1S/C11H18N4O2S2/c1-18-9-5-4-8(7-9)15-19(16,17)11-10(14-12)3-2-6-13-11/h2-3,6,8-9,14-15H,4-5,7,12H2,1H3. The van der Waals surface area contributed by atoms with Gasteiger partial charge in [0, 0.05) is 17.5 Å². The molecule has 0 aromatic carbocycles. The summed E-state index contributed by atoms with van der Waals surface area (Å²) in [6.45, 7) is 0. The number of thioether (sulfide) groups is 1. The van der Waals surface area contributed by atoms with E-state index in [0.717, 1.165) is 19.3 Å². The lowest BCUT2D eigenvalue weighted by molar-refractivity contribution is 0.549. The van der Waals surface area contributed by atoms with E-state index in [0.29, 0.717) is 10.9 Å². The van der Waals surface area contributed by atoms with Crippen LogP contribution < -0.4 is 16.0 Å². The van der Waals surface area contributed by atoms with Crippen molar-refractivity contribution in [1.29, 1.82) is 0 Å². The molecule has 2 unspecified atom stereocenters. The number of nitrogens with two attached hydrogens (primary N) is 1. The van der Waals surface area contributed by atoms with E-state index in [-0.39, 0.29) is 11.1 Å². The molecule has 1 aromatic heterocycles. The van der Waals surface area contributed by atoms with Gasteiger partial charge in [-0.1, -0.05) is 0 Å². The van der Waals surface area contributed by atoms with Crippen LogP contribution in [-0.4, -0.2) is 30.9 Å². The van der Waals surface area contributed by atoms with Crippen molar-refractivity contribution in [2.45, 2.75) is 35.6 Å². The number of sulfonamides is 1. The lowest BCUT2D eigenvalue weighted by atomic mass is 10.3. The summed E-state index contributed by atoms with van der Waals surface area (Å²) < 4.78 is 27.3. The first-order valence-electron chi connectivity index (χ1n) is 6.03. The SMILES string of the molecule is CSC1CCC(NS(=O)(=O)c2ncccc2NN)C1. The molecule has 1 aromatic rings. The van der Waals surface area contributed by atoms with Gasteiger partial charge in [0.15, 0.2) is 5.03 Å². The normalized spacial score (nSPS) is 23.5. The first-order valence-corrected chi connectivity index (χ1v) is 8.80. The molecule has 1 aliphatic rings. The number of anilines is 1. The Morgan fingerprint density at radius 3 is 2.89 bits per heavy atom. The van der Waals surface area contributed by atoms with Crippen LogP contribution in [0.4, 0.5) is 5.69 Å². The van der Waals surface area contributed by atoms with Crippen molar-refractivity contribution in [2.75, 3.05) is 11.7 Å². The Kier molecular flexibility index (Phi) is 4.67. The summed E-state index contributed by atoms with van der Waals surface area (Å²) in [5.74, 6) is 5.31. The average Bonchev–Trinajstić information content (AvgIpc) is 2.85. The monoisotopic (exact) mass is 302 g/mol. The summed E-state index contributed by atoms with van der Waals surface area (Å²) in [5.41, 5.74) is 2.66. The summed E-state index contributed by atoms with van der Waals surface area (Å²) in [6.07, 6.45) is 6.26. The minimum Gasteiger partial charge on any atom is -0.321 e. The van der Waals surface area contributed by atoms with Gasteiger partial charge in [-0.3, -0.25) is 5.84 Å². The number of aromatic nitrogens is 1. The molecule has 0 saturated heterocycles. The second kappa shape index (κ2) is 6.08. The second-order valence-electron chi connectivity index (χ2n) is 4.49. The first kappa shape index (κ1) is 14.6. The third kappa shape index (κ3) is 3.38. The lowest BCUT2D eigenvalue weighted by Crippen LogP contribution is -2.34. The molecule has 6 nitrogen and oxygen atoms in total. The molecular weight excluding hydrogens is 284 g/mol. The summed E-state index contributed by atoms with van der Waals surface area (Å²) in [7, 11) is -3.63. The van der Waals surface area contributed by atoms with E-state index in [9.17, 15) is 8.42 Å². The Hall–Kier alpha value is -0.830. The number of hydrogen-bond donors (Lipinski definition) is 3. The quantitative estimate of drug-likeness (QED) is 0.553. The Labute approximate surface area is 117 Å². The maximum Gasteiger partial charge on any atom is 0.260 e. The summed E-state index contributed by atoms with van der Waals surface area (Å²) in [5, 5.41) is 0.480. The zero-order valence-corrected chi connectivity index (χ0v) is 12.3. The average molecular weight is 302 g/mol. The maximum absolute atomic E-state index is 12.3. The zero-order valence-electron chi connectivity index (χ0n) is 10.7. The van der Waals surface area contributed by atoms with E-state index in [1.54, 1.807) is 23.9 Å². The van der Waals surface area contributed by atoms with Crippen LogP contribution in [0, 0.1) is 0 Å². The van der Waals surface area contributed by atoms with Gasteiger partial charge in [-0.2, -0.15) is 11.8 Å². The lowest BCUT2D eigenvalue weighted by Gasteiger charge is -2.14. The van der Waals surface area contributed by atoms with E-state index in [2.05, 4.69) is 21.4 Å². The van der Waals surface area contributed by atoms with Crippen molar-refractivity contribution in [3.05, 3.63) is 18.3 Å². The van der Waals surface area contributed by atoms with Crippen LogP contribution in [0.25, 0.3) is 0 Å². The number of rotatable bonds is 5. The van der Waals surface area contributed by atoms with E-state index in [4.69, 9.17) is 5.84 Å². The molecule has 19 heavy (non-hydrogen) atoms. The predicted octanol–water partition coefficient (Wildman–Crippen LogP) is 0.930. The number of nitrogens with zero attached hydrogens (tertiary/aromatic N) is 1. The predicted molar refractivity (Wildman–Crippen MR) is 77.3 cm³/mol. The van der Waals surface area contributed by atoms with Crippen LogP contribution >= 0.6 is 11.8 Å². The van der Waals surface area contributed by atoms with Crippen LogP contribution in [0.1, 0.15) is 19.3 Å². The molecular formula is C11H18N4O2S2. The van der Waals surface area contributed by atoms with Crippen LogP contribution in [0.15, 0.2) is 23.4 Å². The van der Waals surface area contributed by atoms with Crippen molar-refractivity contribution in [3.63, 3.8) is 0 Å². The number of nitrogen functional groups attached to an aromatic ring is 1. The fourth-order valence-electron chi connectivity index (χ4n) is 2.25. The molecule has 1 aliphatic carbocycles. The first-order chi connectivity index (χ1) is 9.06. The van der Waals surface area contributed by atoms with Gasteiger partial charge < -0.3 is 5.43 Å². The molecule has 8 heteroatoms. The molecule has 2 atom stereocenters. The maximum atomic E-state index is 12.3. The van der Waals surface area contributed by atoms with Crippen LogP contribution in [0.2, 0.25) is 0 Å². The second-order valence-corrected chi connectivity index (χ2v) is 7.26. The van der Waals surface area contributed by atoms with Crippen LogP contribution in [-0.2, 0) is 10.0 Å². The van der Waals surface area contributed by atoms with E-state index >= 15 is 0 Å². The topological polar surface area (TPSA) is 97.1 Å². The highest BCUT2D eigenvalue weighted by molar-refractivity contribution is 7.99. The summed E-state index contributed by atoms with van der Waals surface area (Å²) in [4.78, 5) is 3.90. The molecule has 0 radical (unpaired) electrons. The number of pyridine rings is 1. The third-order valence-corrected chi connectivity index (χ3v) is 5.79. The number of hydrogen-bond acceptors (Lipinski definition) is 6. The van der Waals surface area contributed by atoms with E-state index < -0.39 is 10.0 Å². The van der Waals surface area contributed by atoms with Gasteiger partial charge in [0.25, 0.3) is 10.0 Å². The summed E-state index contributed by atoms with van der Waals surface area (Å²) >= 11 is 1.78. The molecule has 0 aliphatic heterocycles. The van der Waals surface area contributed by atoms with Crippen molar-refractivity contribution in [3.8, 4) is 0 Å². The molecule has 0 amide bonds. The van der Waals surface area contributed by atoms with E-state index in [1.807, 2.05) is 0 Å². The van der Waals surface area contributed by atoms with Gasteiger partial charge >= 0.3 is 0 Å². The molecule has 4 N–H and O–H groups in total. The number of nitrogens with one attached hydrogen (secondary N) is 2. The van der Waals surface area contributed by atoms with Crippen LogP contribution in [0.3, 0.4) is 0 Å². The van der Waals surface area contributed by atoms with Crippen molar-refractivity contribution >= 4 is 27.5 Å². The van der Waals surface area contributed by atoms with Crippen molar-refractivity contribution in [1.82, 2.24) is 9.71 Å². The Morgan fingerprint density at radius 2 is 2.26 bits per heavy atom. The van der Waals surface area contributed by atoms with Gasteiger partial charge in [-0.05, 0) is 37.7 Å². The third-order valence-electron chi connectivity index (χ3n) is 3.22. The molecule has 1 fully saturated rings. The highest BCUT2D eigenvalue weighted by Gasteiger charge is 2.29. The van der Waals surface area contributed by atoms with Gasteiger partial charge in [0.2, 0.25) is 0 Å². The molecule has 0 bridgehead atoms. The molecule has 1 saturated carbocycles.